The first kappa shape index (κ1) is 17.7. The second kappa shape index (κ2) is 8.26. The third kappa shape index (κ3) is 4.93. The molecule has 0 aliphatic rings. The summed E-state index contributed by atoms with van der Waals surface area (Å²) in [5.74, 6) is 0.0174. The molecule has 2 rings (SSSR count). The van der Waals surface area contributed by atoms with E-state index in [9.17, 15) is 4.79 Å². The molecule has 2 aromatic rings. The molecule has 0 radical (unpaired) electrons. The Morgan fingerprint density at radius 1 is 1.04 bits per heavy atom. The van der Waals surface area contributed by atoms with Gasteiger partial charge in [0.1, 0.15) is 0 Å². The number of nitrogens with zero attached hydrogens (tertiary/aromatic N) is 3. The van der Waals surface area contributed by atoms with Gasteiger partial charge in [0.15, 0.2) is 5.78 Å². The molecule has 24 heavy (non-hydrogen) atoms. The maximum atomic E-state index is 11.9. The van der Waals surface area contributed by atoms with Crippen LogP contribution < -0.4 is 5.43 Å². The molecule has 0 saturated carbocycles. The third-order valence-corrected chi connectivity index (χ3v) is 3.50. The number of halogens is 1. The molecule has 0 heterocycles. The van der Waals surface area contributed by atoms with Crippen LogP contribution >= 0.6 is 11.6 Å². The van der Waals surface area contributed by atoms with Gasteiger partial charge >= 0.3 is 0 Å². The van der Waals surface area contributed by atoms with E-state index in [0.717, 1.165) is 17.0 Å². The number of anilines is 1. The van der Waals surface area contributed by atoms with Crippen molar-refractivity contribution in [2.75, 3.05) is 12.5 Å². The molecule has 0 unspecified atom stereocenters. The Morgan fingerprint density at radius 3 is 2.25 bits per heavy atom. The lowest BCUT2D eigenvalue weighted by Crippen LogP contribution is -2.30. The monoisotopic (exact) mass is 342 g/mol. The van der Waals surface area contributed by atoms with E-state index in [2.05, 4.69) is 15.6 Å². The van der Waals surface area contributed by atoms with Crippen LogP contribution in [0.5, 0.6) is 0 Å². The van der Waals surface area contributed by atoms with Crippen molar-refractivity contribution in [1.29, 1.82) is 0 Å². The summed E-state index contributed by atoms with van der Waals surface area (Å²) in [6.07, 6.45) is 0. The van der Waals surface area contributed by atoms with Crippen LogP contribution in [0.2, 0.25) is 5.02 Å². The minimum absolute atomic E-state index is 0.191. The molecule has 0 aliphatic carbocycles. The lowest BCUT2D eigenvalue weighted by Gasteiger charge is -2.15. The SMILES string of the molecule is CC(=O)/C(=N/Nc1ccc(Cl)cc1)N(C)/N=C(\C)c1ccccc1. The van der Waals surface area contributed by atoms with Gasteiger partial charge in [0.2, 0.25) is 5.84 Å². The van der Waals surface area contributed by atoms with Crippen molar-refractivity contribution < 1.29 is 4.79 Å². The molecular weight excluding hydrogens is 324 g/mol. The zero-order chi connectivity index (χ0) is 17.5. The maximum absolute atomic E-state index is 11.9. The number of Topliss-reactive ketones (excluding diaryl/α,β-unsaturated/α-hetero) is 1. The predicted octanol–water partition coefficient (Wildman–Crippen LogP) is 4.01. The van der Waals surface area contributed by atoms with Crippen molar-refractivity contribution in [3.8, 4) is 0 Å². The summed E-state index contributed by atoms with van der Waals surface area (Å²) < 4.78 is 0. The second-order valence-corrected chi connectivity index (χ2v) is 5.62. The van der Waals surface area contributed by atoms with E-state index in [1.807, 2.05) is 37.3 Å². The highest BCUT2D eigenvalue weighted by atomic mass is 35.5. The third-order valence-electron chi connectivity index (χ3n) is 3.25. The predicted molar refractivity (Wildman–Crippen MR) is 99.6 cm³/mol. The highest BCUT2D eigenvalue weighted by molar-refractivity contribution is 6.37. The summed E-state index contributed by atoms with van der Waals surface area (Å²) >= 11 is 5.85. The molecule has 0 amide bonds. The van der Waals surface area contributed by atoms with Gasteiger partial charge in [-0.25, -0.2) is 5.01 Å². The average molecular weight is 343 g/mol. The Morgan fingerprint density at radius 2 is 1.67 bits per heavy atom. The number of carbonyl (C=O) groups is 1. The molecule has 124 valence electrons. The molecule has 5 nitrogen and oxygen atoms in total. The van der Waals surface area contributed by atoms with Gasteiger partial charge in [0.05, 0.1) is 11.4 Å². The molecule has 0 atom stereocenters. The molecule has 0 aromatic heterocycles. The van der Waals surface area contributed by atoms with Crippen molar-refractivity contribution in [2.45, 2.75) is 13.8 Å². The largest absolute Gasteiger partial charge is 0.291 e. The first-order valence-corrected chi connectivity index (χ1v) is 7.79. The van der Waals surface area contributed by atoms with Crippen molar-refractivity contribution in [3.05, 3.63) is 65.2 Å². The number of amidine groups is 1. The van der Waals surface area contributed by atoms with Crippen molar-refractivity contribution in [3.63, 3.8) is 0 Å². The summed E-state index contributed by atoms with van der Waals surface area (Å²) in [6, 6.07) is 16.8. The van der Waals surface area contributed by atoms with E-state index >= 15 is 0 Å². The first-order valence-electron chi connectivity index (χ1n) is 7.42. The van der Waals surface area contributed by atoms with Gasteiger partial charge in [0.25, 0.3) is 0 Å². The van der Waals surface area contributed by atoms with Crippen LogP contribution in [-0.2, 0) is 4.79 Å². The van der Waals surface area contributed by atoms with Crippen LogP contribution in [0.15, 0.2) is 64.8 Å². The Bertz CT molecular complexity index is 754. The summed E-state index contributed by atoms with van der Waals surface area (Å²) in [6.45, 7) is 3.34. The number of nitrogens with one attached hydrogen (secondary N) is 1. The smallest absolute Gasteiger partial charge is 0.211 e. The Labute approximate surface area is 146 Å². The second-order valence-electron chi connectivity index (χ2n) is 5.19. The first-order chi connectivity index (χ1) is 11.5. The number of hydrazone groups is 2. The molecular formula is C18H19ClN4O. The van der Waals surface area contributed by atoms with Gasteiger partial charge in [-0.05, 0) is 36.8 Å². The van der Waals surface area contributed by atoms with Crippen molar-refractivity contribution in [1.82, 2.24) is 5.01 Å². The molecule has 0 bridgehead atoms. The fourth-order valence-electron chi connectivity index (χ4n) is 2.03. The van der Waals surface area contributed by atoms with E-state index in [1.165, 1.54) is 11.9 Å². The molecule has 2 aromatic carbocycles. The highest BCUT2D eigenvalue weighted by Gasteiger charge is 2.12. The van der Waals surface area contributed by atoms with E-state index < -0.39 is 0 Å². The lowest BCUT2D eigenvalue weighted by atomic mass is 10.1. The fraction of sp³-hybridized carbons (Fsp3) is 0.167. The van der Waals surface area contributed by atoms with Gasteiger partial charge in [-0.3, -0.25) is 10.2 Å². The molecule has 1 N–H and O–H groups in total. The van der Waals surface area contributed by atoms with Crippen LogP contribution in [0.25, 0.3) is 0 Å². The molecule has 0 fully saturated rings. The van der Waals surface area contributed by atoms with E-state index in [1.54, 1.807) is 31.3 Å². The number of benzene rings is 2. The van der Waals surface area contributed by atoms with Gasteiger partial charge in [0, 0.05) is 19.0 Å². The van der Waals surface area contributed by atoms with Gasteiger partial charge in [-0.2, -0.15) is 10.2 Å². The summed E-state index contributed by atoms with van der Waals surface area (Å²) in [5, 5.41) is 10.7. The molecule has 0 aliphatic heterocycles. The highest BCUT2D eigenvalue weighted by Crippen LogP contribution is 2.13. The normalized spacial score (nSPS) is 12.0. The average Bonchev–Trinajstić information content (AvgIpc) is 2.57. The number of hydrogen-bond donors (Lipinski definition) is 1. The van der Waals surface area contributed by atoms with Crippen molar-refractivity contribution in [2.24, 2.45) is 10.2 Å². The Balaban J connectivity index is 2.18. The fourth-order valence-corrected chi connectivity index (χ4v) is 2.16. The minimum Gasteiger partial charge on any atom is -0.291 e. The lowest BCUT2D eigenvalue weighted by molar-refractivity contribution is -0.111. The number of likely N-dealkylation sites (N-methyl/N-ethyl adjacent to an activating group) is 1. The minimum atomic E-state index is -0.191. The molecule has 0 spiro atoms. The molecule has 6 heteroatoms. The van der Waals surface area contributed by atoms with Crippen LogP contribution in [0.1, 0.15) is 19.4 Å². The standard InChI is InChI=1S/C18H19ClN4O/c1-13(15-7-5-4-6-8-15)22-23(3)18(14(2)24)21-20-17-11-9-16(19)10-12-17/h4-12,20H,1-3H3/b21-18-,22-13+. The summed E-state index contributed by atoms with van der Waals surface area (Å²) in [7, 11) is 1.69. The van der Waals surface area contributed by atoms with Crippen LogP contribution in [-0.4, -0.2) is 29.4 Å². The quantitative estimate of drug-likeness (QED) is 0.507. The van der Waals surface area contributed by atoms with E-state index in [4.69, 9.17) is 11.6 Å². The zero-order valence-electron chi connectivity index (χ0n) is 13.8. The number of ketones is 1. The number of hydrogen-bond acceptors (Lipinski definition) is 4. The van der Waals surface area contributed by atoms with Crippen molar-refractivity contribution >= 4 is 34.6 Å². The maximum Gasteiger partial charge on any atom is 0.211 e. The topological polar surface area (TPSA) is 57.1 Å². The molecule has 0 saturated heterocycles. The number of carbonyl (C=O) groups excluding carboxylic acids is 1. The van der Waals surface area contributed by atoms with Gasteiger partial charge in [-0.1, -0.05) is 41.9 Å². The Hall–Kier alpha value is -2.66. The van der Waals surface area contributed by atoms with E-state index in [0.29, 0.717) is 5.02 Å². The van der Waals surface area contributed by atoms with Crippen LogP contribution in [0.3, 0.4) is 0 Å². The summed E-state index contributed by atoms with van der Waals surface area (Å²) in [5.41, 5.74) is 5.35. The van der Waals surface area contributed by atoms with Crippen LogP contribution in [0.4, 0.5) is 5.69 Å². The Kier molecular flexibility index (Phi) is 6.09. The zero-order valence-corrected chi connectivity index (χ0v) is 14.6. The van der Waals surface area contributed by atoms with E-state index in [-0.39, 0.29) is 11.6 Å². The van der Waals surface area contributed by atoms with Gasteiger partial charge < -0.3 is 0 Å². The summed E-state index contributed by atoms with van der Waals surface area (Å²) in [4.78, 5) is 11.9. The van der Waals surface area contributed by atoms with Crippen LogP contribution in [0, 0.1) is 0 Å². The van der Waals surface area contributed by atoms with Gasteiger partial charge in [-0.15, -0.1) is 0 Å². The number of rotatable bonds is 5.